The first-order valence-corrected chi connectivity index (χ1v) is 6.88. The van der Waals surface area contributed by atoms with E-state index in [0.29, 0.717) is 5.92 Å². The molecule has 0 fully saturated rings. The summed E-state index contributed by atoms with van der Waals surface area (Å²) in [6.45, 7) is 2.30. The smallest absolute Gasteiger partial charge is 0.0665 e. The Balaban J connectivity index is 2.04. The van der Waals surface area contributed by atoms with Crippen LogP contribution in [0.4, 0.5) is 5.69 Å². The fourth-order valence-corrected chi connectivity index (χ4v) is 2.73. The summed E-state index contributed by atoms with van der Waals surface area (Å²) in [6.07, 6.45) is 11.5. The molecule has 1 nitrogen and oxygen atoms in total. The van der Waals surface area contributed by atoms with E-state index in [1.165, 1.54) is 29.7 Å². The third-order valence-electron chi connectivity index (χ3n) is 3.84. The van der Waals surface area contributed by atoms with Gasteiger partial charge in [-0.05, 0) is 48.8 Å². The van der Waals surface area contributed by atoms with Crippen LogP contribution in [0, 0.1) is 5.92 Å². The minimum absolute atomic E-state index is 0.548. The maximum absolute atomic E-state index is 4.94. The second kappa shape index (κ2) is 4.93. The zero-order valence-electron chi connectivity index (χ0n) is 10.9. The summed E-state index contributed by atoms with van der Waals surface area (Å²) in [5.74, 6) is 0.548. The molecule has 1 aliphatic heterocycles. The number of aryl methyl sites for hydroxylation is 1. The third kappa shape index (κ3) is 2.17. The van der Waals surface area contributed by atoms with Gasteiger partial charge in [-0.15, -0.1) is 0 Å². The molecule has 1 aromatic carbocycles. The summed E-state index contributed by atoms with van der Waals surface area (Å²) < 4.78 is 0. The predicted molar refractivity (Wildman–Crippen MR) is 77.5 cm³/mol. The molecule has 1 aromatic rings. The number of para-hydroxylation sites is 1. The van der Waals surface area contributed by atoms with Gasteiger partial charge in [0.1, 0.15) is 0 Å². The van der Waals surface area contributed by atoms with Gasteiger partial charge < -0.3 is 0 Å². The quantitative estimate of drug-likeness (QED) is 0.676. The van der Waals surface area contributed by atoms with Crippen LogP contribution in [-0.4, -0.2) is 5.71 Å². The van der Waals surface area contributed by atoms with E-state index in [2.05, 4.69) is 49.4 Å². The number of benzene rings is 1. The van der Waals surface area contributed by atoms with Crippen LogP contribution < -0.4 is 0 Å². The molecular weight excluding hydrogens is 218 g/mol. The highest BCUT2D eigenvalue weighted by Gasteiger charge is 2.19. The molecular formula is C17H19N. The molecule has 0 saturated heterocycles. The lowest BCUT2D eigenvalue weighted by atomic mass is 9.91. The lowest BCUT2D eigenvalue weighted by Crippen LogP contribution is -2.13. The van der Waals surface area contributed by atoms with E-state index in [9.17, 15) is 0 Å². The number of hydrogen-bond donors (Lipinski definition) is 0. The van der Waals surface area contributed by atoms with E-state index in [0.717, 1.165) is 18.5 Å². The van der Waals surface area contributed by atoms with Crippen LogP contribution in [-0.2, 0) is 6.42 Å². The largest absolute Gasteiger partial charge is 0.252 e. The Bertz CT molecular complexity index is 534. The van der Waals surface area contributed by atoms with E-state index < -0.39 is 0 Å². The normalized spacial score (nSPS) is 22.8. The van der Waals surface area contributed by atoms with Gasteiger partial charge in [0.15, 0.2) is 0 Å². The molecule has 0 saturated carbocycles. The van der Waals surface area contributed by atoms with E-state index in [1.54, 1.807) is 0 Å². The second-order valence-corrected chi connectivity index (χ2v) is 5.20. The Hall–Kier alpha value is -1.63. The van der Waals surface area contributed by atoms with Gasteiger partial charge >= 0.3 is 0 Å². The average molecular weight is 237 g/mol. The van der Waals surface area contributed by atoms with Gasteiger partial charge in [-0.1, -0.05) is 43.4 Å². The fraction of sp³-hybridized carbons (Fsp3) is 0.353. The van der Waals surface area contributed by atoms with Crippen LogP contribution in [0.1, 0.15) is 31.7 Å². The van der Waals surface area contributed by atoms with Gasteiger partial charge in [-0.2, -0.15) is 0 Å². The minimum Gasteiger partial charge on any atom is -0.252 e. The number of fused-ring (bicyclic) bond motifs is 1. The van der Waals surface area contributed by atoms with Crippen LogP contribution in [0.5, 0.6) is 0 Å². The first-order chi connectivity index (χ1) is 8.84. The number of allylic oxidation sites excluding steroid dienone is 4. The second-order valence-electron chi connectivity index (χ2n) is 5.20. The summed E-state index contributed by atoms with van der Waals surface area (Å²) >= 11 is 0. The molecule has 1 heteroatoms. The molecule has 1 unspecified atom stereocenters. The van der Waals surface area contributed by atoms with Crippen molar-refractivity contribution in [2.75, 3.05) is 0 Å². The maximum atomic E-state index is 4.94. The molecule has 0 bridgehead atoms. The summed E-state index contributed by atoms with van der Waals surface area (Å²) in [7, 11) is 0. The zero-order valence-corrected chi connectivity index (χ0v) is 10.9. The molecule has 1 aliphatic carbocycles. The molecule has 0 radical (unpaired) electrons. The molecule has 3 rings (SSSR count). The number of aliphatic imine (C=N–C) groups is 1. The Morgan fingerprint density at radius 1 is 1.17 bits per heavy atom. The average Bonchev–Trinajstić information content (AvgIpc) is 2.60. The SMILES string of the molecule is CC1CCc2ccccc2N=C1C1=CCCC=C1. The molecule has 1 atom stereocenters. The van der Waals surface area contributed by atoms with Crippen LogP contribution in [0.3, 0.4) is 0 Å². The Morgan fingerprint density at radius 2 is 2.06 bits per heavy atom. The number of hydrogen-bond acceptors (Lipinski definition) is 1. The van der Waals surface area contributed by atoms with Gasteiger partial charge in [0.2, 0.25) is 0 Å². The van der Waals surface area contributed by atoms with Gasteiger partial charge in [-0.3, -0.25) is 4.99 Å². The van der Waals surface area contributed by atoms with Crippen molar-refractivity contribution in [2.24, 2.45) is 10.9 Å². The summed E-state index contributed by atoms with van der Waals surface area (Å²) in [6, 6.07) is 8.55. The maximum Gasteiger partial charge on any atom is 0.0665 e. The first kappa shape index (κ1) is 11.5. The lowest BCUT2D eigenvalue weighted by molar-refractivity contribution is 0.690. The molecule has 0 N–H and O–H groups in total. The zero-order chi connectivity index (χ0) is 12.4. The minimum atomic E-state index is 0.548. The van der Waals surface area contributed by atoms with Crippen molar-refractivity contribution < 1.29 is 0 Å². The number of nitrogens with zero attached hydrogens (tertiary/aromatic N) is 1. The van der Waals surface area contributed by atoms with E-state index in [1.807, 2.05) is 0 Å². The highest BCUT2D eigenvalue weighted by Crippen LogP contribution is 2.30. The van der Waals surface area contributed by atoms with E-state index >= 15 is 0 Å². The van der Waals surface area contributed by atoms with E-state index in [4.69, 9.17) is 4.99 Å². The Kier molecular flexibility index (Phi) is 3.14. The lowest BCUT2D eigenvalue weighted by Gasteiger charge is -2.15. The standard InChI is InChI=1S/C17H19N/c1-13-11-12-14-7-5-6-10-16(14)18-17(13)15-8-3-2-4-9-15/h3,5-10,13H,2,4,11-12H2,1H3. The van der Waals surface area contributed by atoms with Crippen LogP contribution in [0.15, 0.2) is 53.1 Å². The molecule has 18 heavy (non-hydrogen) atoms. The molecule has 92 valence electrons. The van der Waals surface area contributed by atoms with Gasteiger partial charge in [-0.25, -0.2) is 0 Å². The van der Waals surface area contributed by atoms with Gasteiger partial charge in [0.05, 0.1) is 11.4 Å². The van der Waals surface area contributed by atoms with E-state index in [-0.39, 0.29) is 0 Å². The van der Waals surface area contributed by atoms with Crippen molar-refractivity contribution in [2.45, 2.75) is 32.6 Å². The van der Waals surface area contributed by atoms with Crippen molar-refractivity contribution >= 4 is 11.4 Å². The Morgan fingerprint density at radius 3 is 2.89 bits per heavy atom. The van der Waals surface area contributed by atoms with Crippen LogP contribution >= 0.6 is 0 Å². The predicted octanol–water partition coefficient (Wildman–Crippen LogP) is 4.62. The molecule has 1 heterocycles. The van der Waals surface area contributed by atoms with Gasteiger partial charge in [0, 0.05) is 0 Å². The molecule has 2 aliphatic rings. The van der Waals surface area contributed by atoms with Crippen molar-refractivity contribution in [3.63, 3.8) is 0 Å². The summed E-state index contributed by atoms with van der Waals surface area (Å²) in [4.78, 5) is 4.94. The fourth-order valence-electron chi connectivity index (χ4n) is 2.73. The number of rotatable bonds is 1. The van der Waals surface area contributed by atoms with Crippen molar-refractivity contribution in [3.8, 4) is 0 Å². The monoisotopic (exact) mass is 237 g/mol. The van der Waals surface area contributed by atoms with Crippen LogP contribution in [0.25, 0.3) is 0 Å². The third-order valence-corrected chi connectivity index (χ3v) is 3.84. The Labute approximate surface area is 109 Å². The molecule has 0 spiro atoms. The van der Waals surface area contributed by atoms with Crippen LogP contribution in [0.2, 0.25) is 0 Å². The topological polar surface area (TPSA) is 12.4 Å². The summed E-state index contributed by atoms with van der Waals surface area (Å²) in [5.41, 5.74) is 5.16. The first-order valence-electron chi connectivity index (χ1n) is 6.88. The highest BCUT2D eigenvalue weighted by molar-refractivity contribution is 6.05. The molecule has 0 aromatic heterocycles. The van der Waals surface area contributed by atoms with Crippen molar-refractivity contribution in [1.82, 2.24) is 0 Å². The van der Waals surface area contributed by atoms with Crippen molar-refractivity contribution in [3.05, 3.63) is 53.6 Å². The highest BCUT2D eigenvalue weighted by atomic mass is 14.8. The van der Waals surface area contributed by atoms with Crippen molar-refractivity contribution in [1.29, 1.82) is 0 Å². The summed E-state index contributed by atoms with van der Waals surface area (Å²) in [5, 5.41) is 0. The van der Waals surface area contributed by atoms with Gasteiger partial charge in [0.25, 0.3) is 0 Å². The molecule has 0 amide bonds.